The molecule has 1 fully saturated rings. The van der Waals surface area contributed by atoms with Crippen LogP contribution in [0.5, 0.6) is 0 Å². The molecule has 4 aromatic rings. The minimum Gasteiger partial charge on any atom is -0.465 e. The summed E-state index contributed by atoms with van der Waals surface area (Å²) in [5.74, 6) is -0.0951. The van der Waals surface area contributed by atoms with Gasteiger partial charge in [0.1, 0.15) is 0 Å². The minimum absolute atomic E-state index is 0.0951. The Morgan fingerprint density at radius 3 is 1.89 bits per heavy atom. The maximum absolute atomic E-state index is 13.3. The highest BCUT2D eigenvalue weighted by atomic mass is 16.5. The summed E-state index contributed by atoms with van der Waals surface area (Å²) in [7, 11) is 0. The molecule has 0 amide bonds. The van der Waals surface area contributed by atoms with Crippen LogP contribution in [-0.2, 0) is 20.4 Å². The Kier molecular flexibility index (Phi) is 8.00. The predicted molar refractivity (Wildman–Crippen MR) is 152 cm³/mol. The number of piperidine rings is 1. The van der Waals surface area contributed by atoms with E-state index in [9.17, 15) is 4.79 Å². The number of likely N-dealkylation sites (tertiary alicyclic amines) is 1. The Morgan fingerprint density at radius 2 is 1.37 bits per heavy atom. The Bertz CT molecular complexity index is 1190. The molecule has 0 saturated carbocycles. The normalized spacial score (nSPS) is 15.6. The fourth-order valence-corrected chi connectivity index (χ4v) is 6.06. The smallest absolute Gasteiger partial charge is 0.316 e. The zero-order valence-corrected chi connectivity index (χ0v) is 22.1. The molecule has 194 valence electrons. The third-order valence-electron chi connectivity index (χ3n) is 8.14. The summed E-state index contributed by atoms with van der Waals surface area (Å²) in [4.78, 5) is 20.6. The maximum atomic E-state index is 13.3. The molecule has 4 nitrogen and oxygen atoms in total. The molecule has 0 radical (unpaired) electrons. The molecule has 1 aromatic heterocycles. The molecular formula is C34H36N2O2. The molecular weight excluding hydrogens is 468 g/mol. The van der Waals surface area contributed by atoms with Crippen LogP contribution in [0, 0.1) is 0 Å². The van der Waals surface area contributed by atoms with Crippen LogP contribution in [0.2, 0.25) is 0 Å². The van der Waals surface area contributed by atoms with Crippen molar-refractivity contribution in [3.05, 3.63) is 138 Å². The van der Waals surface area contributed by atoms with E-state index in [1.807, 2.05) is 37.4 Å². The quantitative estimate of drug-likeness (QED) is 0.247. The molecule has 0 aliphatic carbocycles. The van der Waals surface area contributed by atoms with Crippen LogP contribution in [0.25, 0.3) is 0 Å². The SMILES string of the molecule is CCOC(=O)C1(c2ccccc2)CCN(CCC(c2ccccc2)(c2ccccc2)c2ccccn2)CC1. The fourth-order valence-electron chi connectivity index (χ4n) is 6.06. The van der Waals surface area contributed by atoms with Crippen LogP contribution in [0.4, 0.5) is 0 Å². The lowest BCUT2D eigenvalue weighted by Gasteiger charge is -2.42. The van der Waals surface area contributed by atoms with Gasteiger partial charge in [-0.2, -0.15) is 0 Å². The van der Waals surface area contributed by atoms with Gasteiger partial charge in [0, 0.05) is 6.20 Å². The first-order valence-corrected chi connectivity index (χ1v) is 13.7. The number of carbonyl (C=O) groups excluding carboxylic acids is 1. The Labute approximate surface area is 226 Å². The lowest BCUT2D eigenvalue weighted by Crippen LogP contribution is -2.49. The van der Waals surface area contributed by atoms with Gasteiger partial charge in [-0.3, -0.25) is 9.78 Å². The van der Waals surface area contributed by atoms with Crippen molar-refractivity contribution in [1.82, 2.24) is 9.88 Å². The zero-order chi connectivity index (χ0) is 26.3. The zero-order valence-electron chi connectivity index (χ0n) is 22.1. The second kappa shape index (κ2) is 11.7. The van der Waals surface area contributed by atoms with Gasteiger partial charge in [-0.15, -0.1) is 0 Å². The molecule has 4 heteroatoms. The van der Waals surface area contributed by atoms with Crippen molar-refractivity contribution >= 4 is 5.97 Å². The molecule has 3 aromatic carbocycles. The van der Waals surface area contributed by atoms with E-state index >= 15 is 0 Å². The van der Waals surface area contributed by atoms with E-state index in [1.54, 1.807) is 0 Å². The topological polar surface area (TPSA) is 42.4 Å². The van der Waals surface area contributed by atoms with E-state index in [0.29, 0.717) is 6.61 Å². The van der Waals surface area contributed by atoms with Crippen LogP contribution in [0.3, 0.4) is 0 Å². The molecule has 2 heterocycles. The van der Waals surface area contributed by atoms with Crippen molar-refractivity contribution in [2.45, 2.75) is 37.0 Å². The van der Waals surface area contributed by atoms with Gasteiger partial charge in [0.15, 0.2) is 0 Å². The Hall–Kier alpha value is -3.76. The van der Waals surface area contributed by atoms with Gasteiger partial charge in [-0.05, 0) is 74.6 Å². The summed E-state index contributed by atoms with van der Waals surface area (Å²) >= 11 is 0. The number of esters is 1. The standard InChI is InChI=1S/C34H36N2O2/c1-2-38-32(37)33(28-14-6-3-7-15-28)21-25-36(26-22-33)27-23-34(29-16-8-4-9-17-29,30-18-10-5-11-19-30)31-20-12-13-24-35-31/h3-20,24H,2,21-23,25-27H2,1H3. The lowest BCUT2D eigenvalue weighted by atomic mass is 9.69. The number of hydrogen-bond acceptors (Lipinski definition) is 4. The monoisotopic (exact) mass is 504 g/mol. The maximum Gasteiger partial charge on any atom is 0.316 e. The second-order valence-electron chi connectivity index (χ2n) is 10.1. The van der Waals surface area contributed by atoms with Gasteiger partial charge >= 0.3 is 5.97 Å². The molecule has 1 aliphatic heterocycles. The summed E-state index contributed by atoms with van der Waals surface area (Å²) in [6, 6.07) is 37.9. The molecule has 0 N–H and O–H groups in total. The van der Waals surface area contributed by atoms with Crippen LogP contribution >= 0.6 is 0 Å². The summed E-state index contributed by atoms with van der Waals surface area (Å²) in [5, 5.41) is 0. The number of benzene rings is 3. The van der Waals surface area contributed by atoms with Crippen molar-refractivity contribution in [3.8, 4) is 0 Å². The minimum atomic E-state index is -0.579. The first-order valence-electron chi connectivity index (χ1n) is 13.7. The molecule has 1 saturated heterocycles. The first kappa shape index (κ1) is 25.9. The Morgan fingerprint density at radius 1 is 0.816 bits per heavy atom. The van der Waals surface area contributed by atoms with E-state index in [0.717, 1.165) is 50.2 Å². The average Bonchev–Trinajstić information content (AvgIpc) is 3.00. The largest absolute Gasteiger partial charge is 0.465 e. The van der Waals surface area contributed by atoms with Crippen LogP contribution < -0.4 is 0 Å². The number of rotatable bonds is 9. The first-order chi connectivity index (χ1) is 18.7. The third kappa shape index (κ3) is 5.01. The molecule has 0 atom stereocenters. The van der Waals surface area contributed by atoms with E-state index < -0.39 is 5.41 Å². The van der Waals surface area contributed by atoms with Crippen molar-refractivity contribution in [3.63, 3.8) is 0 Å². The lowest BCUT2D eigenvalue weighted by molar-refractivity contribution is -0.152. The van der Waals surface area contributed by atoms with Gasteiger partial charge in [-0.1, -0.05) is 97.1 Å². The summed E-state index contributed by atoms with van der Waals surface area (Å²) in [6.45, 7) is 4.87. The number of hydrogen-bond donors (Lipinski definition) is 0. The molecule has 0 bridgehead atoms. The third-order valence-corrected chi connectivity index (χ3v) is 8.14. The fraction of sp³-hybridized carbons (Fsp3) is 0.294. The van der Waals surface area contributed by atoms with Gasteiger partial charge in [0.25, 0.3) is 0 Å². The molecule has 38 heavy (non-hydrogen) atoms. The van der Waals surface area contributed by atoms with Crippen LogP contribution in [-0.4, -0.2) is 42.1 Å². The summed E-state index contributed by atoms with van der Waals surface area (Å²) in [5.41, 5.74) is 3.65. The number of aromatic nitrogens is 1. The molecule has 5 rings (SSSR count). The molecule has 0 spiro atoms. The van der Waals surface area contributed by atoms with E-state index in [1.165, 1.54) is 11.1 Å². The van der Waals surface area contributed by atoms with Gasteiger partial charge in [0.05, 0.1) is 23.1 Å². The van der Waals surface area contributed by atoms with E-state index in [-0.39, 0.29) is 11.4 Å². The van der Waals surface area contributed by atoms with E-state index in [4.69, 9.17) is 9.72 Å². The number of carbonyl (C=O) groups is 1. The highest BCUT2D eigenvalue weighted by molar-refractivity contribution is 5.83. The average molecular weight is 505 g/mol. The van der Waals surface area contributed by atoms with Crippen molar-refractivity contribution in [1.29, 1.82) is 0 Å². The van der Waals surface area contributed by atoms with Crippen molar-refractivity contribution < 1.29 is 9.53 Å². The number of pyridine rings is 1. The number of ether oxygens (including phenoxy) is 1. The second-order valence-corrected chi connectivity index (χ2v) is 10.1. The Balaban J connectivity index is 1.44. The molecule has 1 aliphatic rings. The predicted octanol–water partition coefficient (Wildman–Crippen LogP) is 6.40. The van der Waals surface area contributed by atoms with Gasteiger partial charge < -0.3 is 9.64 Å². The van der Waals surface area contributed by atoms with Crippen molar-refractivity contribution in [2.75, 3.05) is 26.2 Å². The summed E-state index contributed by atoms with van der Waals surface area (Å²) < 4.78 is 5.60. The molecule has 0 unspecified atom stereocenters. The summed E-state index contributed by atoms with van der Waals surface area (Å²) in [6.07, 6.45) is 4.28. The highest BCUT2D eigenvalue weighted by Crippen LogP contribution is 2.42. The van der Waals surface area contributed by atoms with Crippen LogP contribution in [0.1, 0.15) is 48.6 Å². The van der Waals surface area contributed by atoms with Crippen molar-refractivity contribution in [2.24, 2.45) is 0 Å². The van der Waals surface area contributed by atoms with Crippen LogP contribution in [0.15, 0.2) is 115 Å². The van der Waals surface area contributed by atoms with E-state index in [2.05, 4.69) is 89.8 Å². The van der Waals surface area contributed by atoms with Gasteiger partial charge in [0.2, 0.25) is 0 Å². The van der Waals surface area contributed by atoms with Gasteiger partial charge in [-0.25, -0.2) is 0 Å². The number of nitrogens with zero attached hydrogens (tertiary/aromatic N) is 2. The highest BCUT2D eigenvalue weighted by Gasteiger charge is 2.45.